The number of thioether (sulfide) groups is 1. The largest absolute Gasteiger partial charge is 0.490 e. The van der Waals surface area contributed by atoms with Crippen LogP contribution in [0.15, 0.2) is 66.1 Å². The van der Waals surface area contributed by atoms with E-state index in [9.17, 15) is 9.59 Å². The molecule has 8 heteroatoms. The molecule has 142 valence electrons. The molecule has 2 amide bonds. The second-order valence-corrected chi connectivity index (χ2v) is 7.75. The number of carbonyl (C=O) groups excluding carboxylic acids is 2. The molecule has 2 aromatic carbocycles. The van der Waals surface area contributed by atoms with Crippen LogP contribution in [0.5, 0.6) is 5.75 Å². The van der Waals surface area contributed by atoms with E-state index in [4.69, 9.17) is 28.6 Å². The van der Waals surface area contributed by atoms with E-state index in [0.717, 1.165) is 22.3 Å². The van der Waals surface area contributed by atoms with Crippen LogP contribution in [-0.4, -0.2) is 27.8 Å². The van der Waals surface area contributed by atoms with Gasteiger partial charge < -0.3 is 4.74 Å². The Kier molecular flexibility index (Phi) is 6.51. The first-order valence-electron chi connectivity index (χ1n) is 8.16. The molecule has 1 fully saturated rings. The van der Waals surface area contributed by atoms with Crippen LogP contribution >= 0.6 is 35.6 Å². The third-order valence-electron chi connectivity index (χ3n) is 3.64. The van der Waals surface area contributed by atoms with Gasteiger partial charge in [0.2, 0.25) is 0 Å². The van der Waals surface area contributed by atoms with Crippen LogP contribution in [0.25, 0.3) is 6.08 Å². The zero-order chi connectivity index (χ0) is 20.1. The van der Waals surface area contributed by atoms with Crippen molar-refractivity contribution in [2.24, 2.45) is 0 Å². The lowest BCUT2D eigenvalue weighted by atomic mass is 10.2. The normalized spacial score (nSPS) is 15.0. The summed E-state index contributed by atoms with van der Waals surface area (Å²) in [4.78, 5) is 25.4. The highest BCUT2D eigenvalue weighted by molar-refractivity contribution is 8.26. The molecule has 0 saturated carbocycles. The van der Waals surface area contributed by atoms with Crippen LogP contribution < -0.4 is 10.2 Å². The Hall–Kier alpha value is -2.61. The first-order chi connectivity index (χ1) is 13.5. The summed E-state index contributed by atoms with van der Waals surface area (Å²) in [6, 6.07) is 13.7. The Morgan fingerprint density at radius 3 is 2.71 bits per heavy atom. The van der Waals surface area contributed by atoms with Gasteiger partial charge in [-0.25, -0.2) is 0 Å². The van der Waals surface area contributed by atoms with Crippen LogP contribution in [0.2, 0.25) is 5.02 Å². The first kappa shape index (κ1) is 20.1. The summed E-state index contributed by atoms with van der Waals surface area (Å²) in [5.74, 6) is -0.153. The van der Waals surface area contributed by atoms with Gasteiger partial charge in [0.15, 0.2) is 4.32 Å². The standard InChI is InChI=1S/C20H15ClN2O3S2/c1-2-10-26-16-8-6-13(7-9-16)11-17-19(25)23(20(27)28-17)22-18(24)14-4-3-5-15(21)12-14/h2-9,11-12H,1,10H2,(H,22,24). The Labute approximate surface area is 177 Å². The van der Waals surface area contributed by atoms with Crippen molar-refractivity contribution in [3.05, 3.63) is 82.2 Å². The number of thiocarbonyl (C=S) groups is 1. The van der Waals surface area contributed by atoms with Crippen molar-refractivity contribution in [3.63, 3.8) is 0 Å². The SMILES string of the molecule is C=CCOc1ccc(C=C2SC(=S)N(NC(=O)c3cccc(Cl)c3)C2=O)cc1. The number of carbonyl (C=O) groups is 2. The highest BCUT2D eigenvalue weighted by Crippen LogP contribution is 2.31. The molecular formula is C20H15ClN2O3S2. The van der Waals surface area contributed by atoms with E-state index in [0.29, 0.717) is 27.8 Å². The fourth-order valence-corrected chi connectivity index (χ4v) is 3.70. The van der Waals surface area contributed by atoms with E-state index >= 15 is 0 Å². The van der Waals surface area contributed by atoms with E-state index in [1.165, 1.54) is 6.07 Å². The molecule has 28 heavy (non-hydrogen) atoms. The third kappa shape index (κ3) is 4.81. The van der Waals surface area contributed by atoms with E-state index in [2.05, 4.69) is 12.0 Å². The Balaban J connectivity index is 1.71. The number of amides is 2. The van der Waals surface area contributed by atoms with Crippen molar-refractivity contribution in [1.29, 1.82) is 0 Å². The maximum Gasteiger partial charge on any atom is 0.285 e. The summed E-state index contributed by atoms with van der Waals surface area (Å²) < 4.78 is 5.68. The Morgan fingerprint density at radius 2 is 2.04 bits per heavy atom. The predicted octanol–water partition coefficient (Wildman–Crippen LogP) is 4.45. The number of hydrazine groups is 1. The number of hydrogen-bond acceptors (Lipinski definition) is 5. The molecule has 0 radical (unpaired) electrons. The zero-order valence-corrected chi connectivity index (χ0v) is 16.9. The molecular weight excluding hydrogens is 416 g/mol. The summed E-state index contributed by atoms with van der Waals surface area (Å²) in [6.45, 7) is 4.02. The molecule has 2 aromatic rings. The summed E-state index contributed by atoms with van der Waals surface area (Å²) in [6.07, 6.45) is 3.37. The second-order valence-electron chi connectivity index (χ2n) is 5.64. The maximum atomic E-state index is 12.6. The van der Waals surface area contributed by atoms with Crippen LogP contribution in [-0.2, 0) is 4.79 Å². The van der Waals surface area contributed by atoms with E-state index < -0.39 is 11.8 Å². The van der Waals surface area contributed by atoms with Gasteiger partial charge in [0.25, 0.3) is 11.8 Å². The van der Waals surface area contributed by atoms with Crippen LogP contribution in [0.3, 0.4) is 0 Å². The maximum absolute atomic E-state index is 12.6. The fourth-order valence-electron chi connectivity index (χ4n) is 2.33. The molecule has 0 aliphatic carbocycles. The molecule has 1 N–H and O–H groups in total. The molecule has 1 aliphatic heterocycles. The minimum absolute atomic E-state index is 0.248. The number of hydrogen-bond donors (Lipinski definition) is 1. The lowest BCUT2D eigenvalue weighted by Gasteiger charge is -2.15. The zero-order valence-electron chi connectivity index (χ0n) is 14.6. The third-order valence-corrected chi connectivity index (χ3v) is 5.18. The molecule has 1 saturated heterocycles. The monoisotopic (exact) mass is 430 g/mol. The van der Waals surface area contributed by atoms with E-state index in [1.807, 2.05) is 12.1 Å². The number of ether oxygens (including phenoxy) is 1. The smallest absolute Gasteiger partial charge is 0.285 e. The fraction of sp³-hybridized carbons (Fsp3) is 0.0500. The van der Waals surface area contributed by atoms with Crippen molar-refractivity contribution < 1.29 is 14.3 Å². The lowest BCUT2D eigenvalue weighted by Crippen LogP contribution is -2.44. The summed E-state index contributed by atoms with van der Waals surface area (Å²) in [5, 5.41) is 1.50. The van der Waals surface area contributed by atoms with Crippen molar-refractivity contribution in [3.8, 4) is 5.75 Å². The van der Waals surface area contributed by atoms with Crippen molar-refractivity contribution in [2.75, 3.05) is 6.61 Å². The topological polar surface area (TPSA) is 58.6 Å². The van der Waals surface area contributed by atoms with E-state index in [1.54, 1.807) is 42.5 Å². The van der Waals surface area contributed by atoms with Gasteiger partial charge >= 0.3 is 0 Å². The van der Waals surface area contributed by atoms with Gasteiger partial charge in [-0.1, -0.05) is 54.2 Å². The highest BCUT2D eigenvalue weighted by Gasteiger charge is 2.33. The van der Waals surface area contributed by atoms with Gasteiger partial charge in [-0.3, -0.25) is 15.0 Å². The van der Waals surface area contributed by atoms with Crippen LogP contribution in [0.4, 0.5) is 0 Å². The number of halogens is 1. The average Bonchev–Trinajstić information content (AvgIpc) is 2.95. The quantitative estimate of drug-likeness (QED) is 0.417. The van der Waals surface area contributed by atoms with Crippen molar-refractivity contribution >= 4 is 57.8 Å². The minimum Gasteiger partial charge on any atom is -0.490 e. The lowest BCUT2D eigenvalue weighted by molar-refractivity contribution is -0.123. The summed E-state index contributed by atoms with van der Waals surface area (Å²) >= 11 is 12.3. The highest BCUT2D eigenvalue weighted by atomic mass is 35.5. The number of rotatable bonds is 6. The first-order valence-corrected chi connectivity index (χ1v) is 9.76. The second kappa shape index (κ2) is 9.05. The van der Waals surface area contributed by atoms with Crippen LogP contribution in [0, 0.1) is 0 Å². The number of nitrogens with zero attached hydrogens (tertiary/aromatic N) is 1. The summed E-state index contributed by atoms with van der Waals surface area (Å²) in [5.41, 5.74) is 3.67. The van der Waals surface area contributed by atoms with Crippen molar-refractivity contribution in [1.82, 2.24) is 10.4 Å². The Morgan fingerprint density at radius 1 is 1.29 bits per heavy atom. The minimum atomic E-state index is -0.469. The molecule has 1 aliphatic rings. The molecule has 3 rings (SSSR count). The molecule has 1 heterocycles. The van der Waals surface area contributed by atoms with Gasteiger partial charge in [-0.15, -0.1) is 0 Å². The number of nitrogens with one attached hydrogen (secondary N) is 1. The average molecular weight is 431 g/mol. The molecule has 0 bridgehead atoms. The molecule has 0 spiro atoms. The van der Waals surface area contributed by atoms with Gasteiger partial charge in [-0.05, 0) is 54.2 Å². The molecule has 0 aromatic heterocycles. The van der Waals surface area contributed by atoms with E-state index in [-0.39, 0.29) is 4.32 Å². The Bertz CT molecular complexity index is 974. The molecule has 0 atom stereocenters. The molecule has 5 nitrogen and oxygen atoms in total. The predicted molar refractivity (Wildman–Crippen MR) is 116 cm³/mol. The van der Waals surface area contributed by atoms with Crippen LogP contribution in [0.1, 0.15) is 15.9 Å². The van der Waals surface area contributed by atoms with Gasteiger partial charge in [0.05, 0.1) is 4.91 Å². The number of benzene rings is 2. The van der Waals surface area contributed by atoms with Gasteiger partial charge in [0.1, 0.15) is 12.4 Å². The van der Waals surface area contributed by atoms with Crippen molar-refractivity contribution in [2.45, 2.75) is 0 Å². The summed E-state index contributed by atoms with van der Waals surface area (Å²) in [7, 11) is 0. The van der Waals surface area contributed by atoms with Gasteiger partial charge in [0, 0.05) is 10.6 Å². The van der Waals surface area contributed by atoms with Gasteiger partial charge in [-0.2, -0.15) is 5.01 Å². The molecule has 0 unspecified atom stereocenters.